The maximum Gasteiger partial charge on any atom is -0.000683 e. The zero-order chi connectivity index (χ0) is 16.4. The van der Waals surface area contributed by atoms with Gasteiger partial charge in [0, 0.05) is 0 Å². The summed E-state index contributed by atoms with van der Waals surface area (Å²) in [7, 11) is 0. The van der Waals surface area contributed by atoms with E-state index in [9.17, 15) is 0 Å². The molecule has 1 aliphatic rings. The molecule has 0 heterocycles. The molecule has 0 atom stereocenters. The fourth-order valence-electron chi connectivity index (χ4n) is 4.56. The molecule has 0 aliphatic heterocycles. The predicted molar refractivity (Wildman–Crippen MR) is 107 cm³/mol. The number of hydrogen-bond acceptors (Lipinski definition) is 0. The minimum atomic E-state index is 1.03. The van der Waals surface area contributed by atoms with Gasteiger partial charge in [-0.05, 0) is 67.1 Å². The van der Waals surface area contributed by atoms with Crippen LogP contribution >= 0.6 is 0 Å². The summed E-state index contributed by atoms with van der Waals surface area (Å²) < 4.78 is 0. The fraction of sp³-hybridized carbons (Fsp3) is 0.0400. The van der Waals surface area contributed by atoms with Crippen LogP contribution in [0.1, 0.15) is 11.1 Å². The van der Waals surface area contributed by atoms with Gasteiger partial charge < -0.3 is 0 Å². The van der Waals surface area contributed by atoms with Crippen LogP contribution in [-0.2, 0) is 6.42 Å². The van der Waals surface area contributed by atoms with Gasteiger partial charge >= 0.3 is 0 Å². The van der Waals surface area contributed by atoms with Crippen molar-refractivity contribution in [3.8, 4) is 11.1 Å². The minimum Gasteiger partial charge on any atom is -0.0616 e. The van der Waals surface area contributed by atoms with Gasteiger partial charge in [-0.2, -0.15) is 0 Å². The van der Waals surface area contributed by atoms with Crippen molar-refractivity contribution in [1.29, 1.82) is 0 Å². The quantitative estimate of drug-likeness (QED) is 0.273. The molecule has 0 heteroatoms. The van der Waals surface area contributed by atoms with E-state index in [0.29, 0.717) is 0 Å². The van der Waals surface area contributed by atoms with E-state index < -0.39 is 0 Å². The largest absolute Gasteiger partial charge is 0.0616 e. The topological polar surface area (TPSA) is 0 Å². The molecule has 1 aliphatic carbocycles. The first-order valence-electron chi connectivity index (χ1n) is 8.84. The van der Waals surface area contributed by atoms with Crippen LogP contribution in [0.15, 0.2) is 84.9 Å². The van der Waals surface area contributed by atoms with Crippen LogP contribution in [0.5, 0.6) is 0 Å². The average Bonchev–Trinajstić information content (AvgIpc) is 3.05. The van der Waals surface area contributed by atoms with Crippen molar-refractivity contribution in [2.75, 3.05) is 0 Å². The SMILES string of the molecule is c1ccc2cc3c(cc2c1)Cc1c-3c2ccccc2c2ccccc12. The molecule has 0 unspecified atom stereocenters. The lowest BCUT2D eigenvalue weighted by Crippen LogP contribution is -1.87. The van der Waals surface area contributed by atoms with Crippen LogP contribution in [-0.4, -0.2) is 0 Å². The zero-order valence-corrected chi connectivity index (χ0v) is 13.8. The maximum atomic E-state index is 2.39. The number of hydrogen-bond donors (Lipinski definition) is 0. The normalized spacial score (nSPS) is 12.6. The first-order chi connectivity index (χ1) is 12.4. The Labute approximate surface area is 146 Å². The minimum absolute atomic E-state index is 1.03. The van der Waals surface area contributed by atoms with Crippen molar-refractivity contribution >= 4 is 32.3 Å². The first kappa shape index (κ1) is 13.2. The van der Waals surface area contributed by atoms with Crippen LogP contribution in [0.2, 0.25) is 0 Å². The Morgan fingerprint density at radius 3 is 1.84 bits per heavy atom. The summed E-state index contributed by atoms with van der Waals surface area (Å²) in [6.45, 7) is 0. The van der Waals surface area contributed by atoms with Gasteiger partial charge in [0.1, 0.15) is 0 Å². The summed E-state index contributed by atoms with van der Waals surface area (Å²) in [5.41, 5.74) is 5.79. The third-order valence-electron chi connectivity index (χ3n) is 5.65. The standard InChI is InChI=1S/C25H16/c1-2-8-17-14-23-18(13-16(17)7-1)15-24-21-11-4-3-9-19(21)20-10-5-6-12-22(20)25(23)24/h1-14H,15H2. The summed E-state index contributed by atoms with van der Waals surface area (Å²) >= 11 is 0. The molecule has 0 N–H and O–H groups in total. The van der Waals surface area contributed by atoms with E-state index in [1.54, 1.807) is 0 Å². The molecular weight excluding hydrogens is 300 g/mol. The smallest absolute Gasteiger partial charge is 0.000683 e. The van der Waals surface area contributed by atoms with Crippen molar-refractivity contribution in [2.45, 2.75) is 6.42 Å². The highest BCUT2D eigenvalue weighted by Crippen LogP contribution is 2.46. The molecule has 5 aromatic rings. The highest BCUT2D eigenvalue weighted by Gasteiger charge is 2.24. The van der Waals surface area contributed by atoms with Gasteiger partial charge in [-0.1, -0.05) is 78.9 Å². The van der Waals surface area contributed by atoms with Crippen molar-refractivity contribution < 1.29 is 0 Å². The zero-order valence-electron chi connectivity index (χ0n) is 13.8. The Kier molecular flexibility index (Phi) is 2.48. The van der Waals surface area contributed by atoms with E-state index in [0.717, 1.165) is 6.42 Å². The van der Waals surface area contributed by atoms with E-state index in [2.05, 4.69) is 84.9 Å². The lowest BCUT2D eigenvalue weighted by Gasteiger charge is -2.12. The molecule has 25 heavy (non-hydrogen) atoms. The average molecular weight is 316 g/mol. The molecule has 0 saturated heterocycles. The molecule has 0 nitrogen and oxygen atoms in total. The summed E-state index contributed by atoms with van der Waals surface area (Å²) in [5.74, 6) is 0. The summed E-state index contributed by atoms with van der Waals surface area (Å²) in [5, 5.41) is 8.17. The molecule has 0 bridgehead atoms. The lowest BCUT2D eigenvalue weighted by atomic mass is 9.91. The molecule has 0 radical (unpaired) electrons. The second-order valence-electron chi connectivity index (χ2n) is 6.98. The predicted octanol–water partition coefficient (Wildman–Crippen LogP) is 6.72. The van der Waals surface area contributed by atoms with Gasteiger partial charge in [0.05, 0.1) is 0 Å². The molecule has 0 aromatic heterocycles. The summed E-state index contributed by atoms with van der Waals surface area (Å²) in [6.07, 6.45) is 1.03. The second kappa shape index (κ2) is 4.70. The van der Waals surface area contributed by atoms with Crippen LogP contribution in [0.25, 0.3) is 43.4 Å². The Hall–Kier alpha value is -3.12. The molecule has 0 amide bonds. The Morgan fingerprint density at radius 2 is 1.08 bits per heavy atom. The van der Waals surface area contributed by atoms with E-state index in [4.69, 9.17) is 0 Å². The second-order valence-corrected chi connectivity index (χ2v) is 6.98. The van der Waals surface area contributed by atoms with Crippen LogP contribution in [0.4, 0.5) is 0 Å². The van der Waals surface area contributed by atoms with Crippen LogP contribution in [0.3, 0.4) is 0 Å². The van der Waals surface area contributed by atoms with Crippen LogP contribution < -0.4 is 0 Å². The fourth-order valence-corrected chi connectivity index (χ4v) is 4.56. The van der Waals surface area contributed by atoms with Crippen molar-refractivity contribution in [1.82, 2.24) is 0 Å². The van der Waals surface area contributed by atoms with Gasteiger partial charge in [-0.15, -0.1) is 0 Å². The Balaban J connectivity index is 1.83. The molecule has 116 valence electrons. The highest BCUT2D eigenvalue weighted by molar-refractivity contribution is 6.17. The van der Waals surface area contributed by atoms with E-state index in [1.807, 2.05) is 0 Å². The van der Waals surface area contributed by atoms with Gasteiger partial charge in [0.25, 0.3) is 0 Å². The van der Waals surface area contributed by atoms with E-state index in [-0.39, 0.29) is 0 Å². The molecule has 5 aromatic carbocycles. The van der Waals surface area contributed by atoms with Crippen molar-refractivity contribution in [3.05, 3.63) is 96.1 Å². The van der Waals surface area contributed by atoms with Gasteiger partial charge in [-0.3, -0.25) is 0 Å². The maximum absolute atomic E-state index is 2.39. The number of rotatable bonds is 0. The molecular formula is C25H16. The third-order valence-corrected chi connectivity index (χ3v) is 5.65. The summed E-state index contributed by atoms with van der Waals surface area (Å²) in [4.78, 5) is 0. The molecule has 0 fully saturated rings. The Bertz CT molecular complexity index is 1310. The number of fused-ring (bicyclic) bond motifs is 9. The van der Waals surface area contributed by atoms with Crippen LogP contribution in [0, 0.1) is 0 Å². The molecule has 0 spiro atoms. The van der Waals surface area contributed by atoms with Crippen molar-refractivity contribution in [3.63, 3.8) is 0 Å². The molecule has 0 saturated carbocycles. The highest BCUT2D eigenvalue weighted by atomic mass is 14.3. The third kappa shape index (κ3) is 1.71. The van der Waals surface area contributed by atoms with Gasteiger partial charge in [0.2, 0.25) is 0 Å². The van der Waals surface area contributed by atoms with Gasteiger partial charge in [-0.25, -0.2) is 0 Å². The van der Waals surface area contributed by atoms with E-state index >= 15 is 0 Å². The monoisotopic (exact) mass is 316 g/mol. The lowest BCUT2D eigenvalue weighted by molar-refractivity contribution is 1.29. The van der Waals surface area contributed by atoms with E-state index in [1.165, 1.54) is 54.6 Å². The number of benzene rings is 5. The Morgan fingerprint density at radius 1 is 0.520 bits per heavy atom. The summed E-state index contributed by atoms with van der Waals surface area (Å²) in [6, 6.07) is 31.2. The van der Waals surface area contributed by atoms with Gasteiger partial charge in [0.15, 0.2) is 0 Å². The molecule has 6 rings (SSSR count). The first-order valence-corrected chi connectivity index (χ1v) is 8.84. The van der Waals surface area contributed by atoms with Crippen molar-refractivity contribution in [2.24, 2.45) is 0 Å².